The summed E-state index contributed by atoms with van der Waals surface area (Å²) in [7, 11) is 0. The Morgan fingerprint density at radius 1 is 1.24 bits per heavy atom. The van der Waals surface area contributed by atoms with Crippen molar-refractivity contribution in [2.24, 2.45) is 0 Å². The van der Waals surface area contributed by atoms with E-state index < -0.39 is 0 Å². The lowest BCUT2D eigenvalue weighted by Gasteiger charge is -2.21. The molecule has 94 valence electrons. The van der Waals surface area contributed by atoms with Gasteiger partial charge in [0.25, 0.3) is 0 Å². The van der Waals surface area contributed by atoms with Crippen LogP contribution in [0.5, 0.6) is 0 Å². The van der Waals surface area contributed by atoms with Crippen LogP contribution < -0.4 is 0 Å². The summed E-state index contributed by atoms with van der Waals surface area (Å²) < 4.78 is 5.04. The van der Waals surface area contributed by atoms with Crippen molar-refractivity contribution < 1.29 is 9.53 Å². The third kappa shape index (κ3) is 4.47. The molecule has 0 unspecified atom stereocenters. The molecule has 0 radical (unpaired) electrons. The molecule has 1 aromatic carbocycles. The molecule has 0 saturated carbocycles. The molecular weight excluding hydrogens is 214 g/mol. The number of amides is 1. The van der Waals surface area contributed by atoms with E-state index in [1.54, 1.807) is 4.90 Å². The van der Waals surface area contributed by atoms with Gasteiger partial charge >= 0.3 is 6.09 Å². The van der Waals surface area contributed by atoms with Gasteiger partial charge in [0, 0.05) is 13.1 Å². The molecular formula is C14H21NO2. The van der Waals surface area contributed by atoms with Crippen LogP contribution in [-0.2, 0) is 11.3 Å². The Hall–Kier alpha value is -1.51. The average Bonchev–Trinajstić information content (AvgIpc) is 2.31. The number of ether oxygens (including phenoxy) is 1. The van der Waals surface area contributed by atoms with E-state index in [0.717, 1.165) is 18.5 Å². The number of hydrogen-bond acceptors (Lipinski definition) is 2. The van der Waals surface area contributed by atoms with Crippen molar-refractivity contribution in [1.29, 1.82) is 0 Å². The summed E-state index contributed by atoms with van der Waals surface area (Å²) >= 11 is 0. The highest BCUT2D eigenvalue weighted by atomic mass is 16.6. The van der Waals surface area contributed by atoms with Gasteiger partial charge in [-0.3, -0.25) is 0 Å². The lowest BCUT2D eigenvalue weighted by molar-refractivity contribution is 0.104. The second kappa shape index (κ2) is 6.94. The molecule has 3 nitrogen and oxygen atoms in total. The van der Waals surface area contributed by atoms with E-state index in [-0.39, 0.29) is 6.09 Å². The molecule has 0 aliphatic heterocycles. The molecule has 0 atom stereocenters. The summed E-state index contributed by atoms with van der Waals surface area (Å²) in [4.78, 5) is 13.5. The smallest absolute Gasteiger partial charge is 0.410 e. The van der Waals surface area contributed by atoms with Crippen molar-refractivity contribution in [3.63, 3.8) is 0 Å². The molecule has 0 aliphatic carbocycles. The third-order valence-electron chi connectivity index (χ3n) is 2.51. The number of carbonyl (C=O) groups excluding carboxylic acids is 1. The van der Waals surface area contributed by atoms with E-state index in [1.165, 1.54) is 5.56 Å². The number of benzene rings is 1. The van der Waals surface area contributed by atoms with Crippen LogP contribution in [0.2, 0.25) is 0 Å². The van der Waals surface area contributed by atoms with Gasteiger partial charge in [-0.15, -0.1) is 0 Å². The van der Waals surface area contributed by atoms with Gasteiger partial charge in [-0.05, 0) is 25.8 Å². The maximum absolute atomic E-state index is 11.7. The molecule has 1 rings (SSSR count). The van der Waals surface area contributed by atoms with E-state index in [2.05, 4.69) is 38.1 Å². The zero-order valence-corrected chi connectivity index (χ0v) is 10.9. The molecule has 1 amide bonds. The van der Waals surface area contributed by atoms with Gasteiger partial charge in [0.05, 0.1) is 6.61 Å². The van der Waals surface area contributed by atoms with Gasteiger partial charge in [0.15, 0.2) is 0 Å². The minimum atomic E-state index is -0.227. The first-order valence-electron chi connectivity index (χ1n) is 6.14. The summed E-state index contributed by atoms with van der Waals surface area (Å²) in [6.45, 7) is 7.71. The monoisotopic (exact) mass is 235 g/mol. The Morgan fingerprint density at radius 2 is 1.88 bits per heavy atom. The van der Waals surface area contributed by atoms with E-state index in [0.29, 0.717) is 13.2 Å². The number of hydrogen-bond donors (Lipinski definition) is 0. The highest BCUT2D eigenvalue weighted by Crippen LogP contribution is 2.08. The van der Waals surface area contributed by atoms with E-state index in [4.69, 9.17) is 4.74 Å². The minimum Gasteiger partial charge on any atom is -0.450 e. The Kier molecular flexibility index (Phi) is 5.53. The molecule has 17 heavy (non-hydrogen) atoms. The minimum absolute atomic E-state index is 0.227. The van der Waals surface area contributed by atoms with Crippen LogP contribution in [0, 0.1) is 6.92 Å². The number of carbonyl (C=O) groups is 1. The van der Waals surface area contributed by atoms with Gasteiger partial charge in [-0.1, -0.05) is 36.8 Å². The van der Waals surface area contributed by atoms with Crippen LogP contribution >= 0.6 is 0 Å². The van der Waals surface area contributed by atoms with E-state index in [1.807, 2.05) is 6.92 Å². The summed E-state index contributed by atoms with van der Waals surface area (Å²) in [5.74, 6) is 0. The highest BCUT2D eigenvalue weighted by Gasteiger charge is 2.13. The van der Waals surface area contributed by atoms with Crippen molar-refractivity contribution in [3.8, 4) is 0 Å². The van der Waals surface area contributed by atoms with Crippen LogP contribution in [0.15, 0.2) is 24.3 Å². The number of nitrogens with zero attached hydrogens (tertiary/aromatic N) is 1. The quantitative estimate of drug-likeness (QED) is 0.783. The molecule has 0 aliphatic rings. The first-order valence-corrected chi connectivity index (χ1v) is 6.14. The molecule has 0 heterocycles. The van der Waals surface area contributed by atoms with Crippen molar-refractivity contribution in [2.75, 3.05) is 13.2 Å². The Labute approximate surface area is 103 Å². The fourth-order valence-electron chi connectivity index (χ4n) is 1.63. The second-order valence-electron chi connectivity index (χ2n) is 4.11. The van der Waals surface area contributed by atoms with Gasteiger partial charge < -0.3 is 9.64 Å². The van der Waals surface area contributed by atoms with Crippen LogP contribution in [0.1, 0.15) is 31.4 Å². The van der Waals surface area contributed by atoms with Gasteiger partial charge in [0.1, 0.15) is 0 Å². The lowest BCUT2D eigenvalue weighted by Crippen LogP contribution is -2.31. The van der Waals surface area contributed by atoms with Crippen molar-refractivity contribution in [2.45, 2.75) is 33.7 Å². The fraction of sp³-hybridized carbons (Fsp3) is 0.500. The fourth-order valence-corrected chi connectivity index (χ4v) is 1.63. The second-order valence-corrected chi connectivity index (χ2v) is 4.11. The Balaban J connectivity index is 2.65. The van der Waals surface area contributed by atoms with Crippen molar-refractivity contribution in [3.05, 3.63) is 35.4 Å². The molecule has 0 bridgehead atoms. The normalized spacial score (nSPS) is 10.1. The van der Waals surface area contributed by atoms with Crippen LogP contribution in [0.25, 0.3) is 0 Å². The molecule has 3 heteroatoms. The summed E-state index contributed by atoms with van der Waals surface area (Å²) in [5, 5.41) is 0. The summed E-state index contributed by atoms with van der Waals surface area (Å²) in [6.07, 6.45) is 0.708. The highest BCUT2D eigenvalue weighted by molar-refractivity contribution is 5.67. The summed E-state index contributed by atoms with van der Waals surface area (Å²) in [6, 6.07) is 8.23. The lowest BCUT2D eigenvalue weighted by atomic mass is 10.1. The van der Waals surface area contributed by atoms with Crippen LogP contribution in [0.4, 0.5) is 4.79 Å². The maximum atomic E-state index is 11.7. The van der Waals surface area contributed by atoms with E-state index in [9.17, 15) is 4.79 Å². The van der Waals surface area contributed by atoms with Crippen molar-refractivity contribution in [1.82, 2.24) is 4.90 Å². The largest absolute Gasteiger partial charge is 0.450 e. The zero-order chi connectivity index (χ0) is 12.7. The van der Waals surface area contributed by atoms with Crippen molar-refractivity contribution >= 4 is 6.09 Å². The topological polar surface area (TPSA) is 29.5 Å². The summed E-state index contributed by atoms with van der Waals surface area (Å²) in [5.41, 5.74) is 2.36. The van der Waals surface area contributed by atoms with Crippen LogP contribution in [-0.4, -0.2) is 24.1 Å². The number of rotatable bonds is 5. The number of aryl methyl sites for hydroxylation is 1. The molecule has 0 fully saturated rings. The third-order valence-corrected chi connectivity index (χ3v) is 2.51. The Morgan fingerprint density at radius 3 is 2.41 bits per heavy atom. The average molecular weight is 235 g/mol. The predicted octanol–water partition coefficient (Wildman–Crippen LogP) is 3.36. The Bertz CT molecular complexity index is 346. The van der Waals surface area contributed by atoms with Gasteiger partial charge in [0.2, 0.25) is 0 Å². The van der Waals surface area contributed by atoms with Crippen LogP contribution in [0.3, 0.4) is 0 Å². The molecule has 0 saturated heterocycles. The first kappa shape index (κ1) is 13.6. The standard InChI is InChI=1S/C14H21NO2/c1-4-10-15(14(16)17-5-2)11-13-8-6-12(3)7-9-13/h6-9H,4-5,10-11H2,1-3H3. The molecule has 1 aromatic rings. The molecule has 0 N–H and O–H groups in total. The maximum Gasteiger partial charge on any atom is 0.410 e. The predicted molar refractivity (Wildman–Crippen MR) is 68.9 cm³/mol. The SMILES string of the molecule is CCCN(Cc1ccc(C)cc1)C(=O)OCC. The first-order chi connectivity index (χ1) is 8.17. The van der Waals surface area contributed by atoms with Gasteiger partial charge in [-0.2, -0.15) is 0 Å². The zero-order valence-electron chi connectivity index (χ0n) is 10.9. The molecule has 0 aromatic heterocycles. The van der Waals surface area contributed by atoms with Gasteiger partial charge in [-0.25, -0.2) is 4.79 Å². The van der Waals surface area contributed by atoms with E-state index >= 15 is 0 Å². The molecule has 0 spiro atoms.